The predicted molar refractivity (Wildman–Crippen MR) is 129 cm³/mol. The first kappa shape index (κ1) is 21.4. The quantitative estimate of drug-likeness (QED) is 0.346. The van der Waals surface area contributed by atoms with Gasteiger partial charge in [0.05, 0.1) is 6.61 Å². The molecule has 6 heteroatoms. The van der Waals surface area contributed by atoms with Gasteiger partial charge >= 0.3 is 0 Å². The third-order valence-corrected chi connectivity index (χ3v) is 6.84. The Morgan fingerprint density at radius 2 is 1.97 bits per heavy atom. The van der Waals surface area contributed by atoms with Crippen molar-refractivity contribution in [3.05, 3.63) is 77.4 Å². The largest absolute Gasteiger partial charge is 0.384 e. The Bertz CT molecular complexity index is 1100. The molecule has 1 aliphatic rings. The molecule has 31 heavy (non-hydrogen) atoms. The number of amides is 1. The highest BCUT2D eigenvalue weighted by Crippen LogP contribution is 2.38. The van der Waals surface area contributed by atoms with Gasteiger partial charge in [-0.25, -0.2) is 0 Å². The molecular formula is C25H27N3O2S. The summed E-state index contributed by atoms with van der Waals surface area (Å²) in [6.45, 7) is 2.80. The second-order valence-corrected chi connectivity index (χ2v) is 9.07. The lowest BCUT2D eigenvalue weighted by Crippen LogP contribution is -2.14. The summed E-state index contributed by atoms with van der Waals surface area (Å²) < 4.78 is 6.04. The lowest BCUT2D eigenvalue weighted by Gasteiger charge is -2.16. The Kier molecular flexibility index (Phi) is 6.59. The van der Waals surface area contributed by atoms with E-state index in [0.717, 1.165) is 40.6 Å². The van der Waals surface area contributed by atoms with Crippen LogP contribution in [0.1, 0.15) is 47.2 Å². The van der Waals surface area contributed by atoms with Crippen LogP contribution in [0, 0.1) is 5.41 Å². The summed E-state index contributed by atoms with van der Waals surface area (Å²) in [6, 6.07) is 19.1. The van der Waals surface area contributed by atoms with Crippen molar-refractivity contribution >= 4 is 40.0 Å². The Hall–Kier alpha value is -2.83. The molecule has 1 saturated heterocycles. The maximum absolute atomic E-state index is 13.0. The fourth-order valence-electron chi connectivity index (χ4n) is 3.92. The number of carbonyl (C=O) groups excluding carboxylic acids is 1. The molecule has 2 atom stereocenters. The van der Waals surface area contributed by atoms with E-state index in [1.54, 1.807) is 0 Å². The second kappa shape index (κ2) is 9.54. The first-order chi connectivity index (χ1) is 15.0. The molecule has 0 aromatic heterocycles. The van der Waals surface area contributed by atoms with Crippen LogP contribution in [-0.2, 0) is 4.74 Å². The monoisotopic (exact) mass is 433 g/mol. The number of rotatable bonds is 7. The number of nitrogens with two attached hydrogens (primary N) is 1. The molecule has 0 spiro atoms. The standard InChI is InChI=1S/C25H27N3O2S/c1-2-10-31-23-14-19(15-30-23)22-13-18(25(29)28-20-6-4-3-5-7-20)11-16-8-9-17(24(26)27)12-21(16)22/h3-9,11-13,19,23H,2,10,14-15H2,1H3,(H3,26,27)(H,28,29). The van der Waals surface area contributed by atoms with E-state index in [0.29, 0.717) is 17.7 Å². The third kappa shape index (κ3) is 4.92. The van der Waals surface area contributed by atoms with Crippen molar-refractivity contribution in [2.75, 3.05) is 17.7 Å². The number of hydrogen-bond donors (Lipinski definition) is 3. The van der Waals surface area contributed by atoms with Gasteiger partial charge in [-0.05, 0) is 65.3 Å². The van der Waals surface area contributed by atoms with Crippen LogP contribution >= 0.6 is 11.8 Å². The summed E-state index contributed by atoms with van der Waals surface area (Å²) in [5.41, 5.74) is 9.07. The van der Waals surface area contributed by atoms with E-state index < -0.39 is 0 Å². The van der Waals surface area contributed by atoms with Crippen molar-refractivity contribution in [3.8, 4) is 0 Å². The molecule has 1 fully saturated rings. The normalized spacial score (nSPS) is 18.2. The smallest absolute Gasteiger partial charge is 0.255 e. The Morgan fingerprint density at radius 1 is 1.16 bits per heavy atom. The van der Waals surface area contributed by atoms with Gasteiger partial charge in [-0.1, -0.05) is 37.3 Å². The van der Waals surface area contributed by atoms with E-state index in [4.69, 9.17) is 15.9 Å². The topological polar surface area (TPSA) is 88.2 Å². The molecule has 0 saturated carbocycles. The summed E-state index contributed by atoms with van der Waals surface area (Å²) in [5, 5.41) is 12.8. The van der Waals surface area contributed by atoms with Gasteiger partial charge in [0.2, 0.25) is 0 Å². The molecule has 1 heterocycles. The Balaban J connectivity index is 1.71. The van der Waals surface area contributed by atoms with E-state index in [9.17, 15) is 4.79 Å². The number of carbonyl (C=O) groups is 1. The molecule has 2 unspecified atom stereocenters. The number of fused-ring (bicyclic) bond motifs is 1. The van der Waals surface area contributed by atoms with Crippen LogP contribution in [0.15, 0.2) is 60.7 Å². The first-order valence-electron chi connectivity index (χ1n) is 10.6. The SMILES string of the molecule is CCCSC1CC(c2cc(C(=O)Nc3ccccc3)cc3ccc(C(=N)N)cc23)CO1. The zero-order chi connectivity index (χ0) is 21.8. The van der Waals surface area contributed by atoms with Crippen LogP contribution in [0.2, 0.25) is 0 Å². The molecule has 3 aromatic carbocycles. The molecule has 0 aliphatic carbocycles. The summed E-state index contributed by atoms with van der Waals surface area (Å²) >= 11 is 1.85. The van der Waals surface area contributed by atoms with E-state index in [1.807, 2.05) is 72.4 Å². The van der Waals surface area contributed by atoms with Crippen LogP contribution in [0.5, 0.6) is 0 Å². The molecule has 4 rings (SSSR count). The van der Waals surface area contributed by atoms with Crippen LogP contribution in [-0.4, -0.2) is 29.5 Å². The number of para-hydroxylation sites is 1. The van der Waals surface area contributed by atoms with E-state index >= 15 is 0 Å². The van der Waals surface area contributed by atoms with Crippen molar-refractivity contribution in [2.24, 2.45) is 5.73 Å². The molecule has 5 nitrogen and oxygen atoms in total. The number of hydrogen-bond acceptors (Lipinski definition) is 4. The maximum atomic E-state index is 13.0. The average Bonchev–Trinajstić information content (AvgIpc) is 3.26. The van der Waals surface area contributed by atoms with E-state index in [2.05, 4.69) is 12.2 Å². The van der Waals surface area contributed by atoms with Gasteiger partial charge in [-0.2, -0.15) is 0 Å². The molecule has 1 amide bonds. The second-order valence-electron chi connectivity index (χ2n) is 7.80. The molecule has 4 N–H and O–H groups in total. The molecule has 0 bridgehead atoms. The van der Waals surface area contributed by atoms with Crippen LogP contribution < -0.4 is 11.1 Å². The third-order valence-electron chi connectivity index (χ3n) is 5.50. The van der Waals surface area contributed by atoms with Crippen molar-refractivity contribution in [1.29, 1.82) is 5.41 Å². The summed E-state index contributed by atoms with van der Waals surface area (Å²) in [7, 11) is 0. The highest BCUT2D eigenvalue weighted by molar-refractivity contribution is 7.99. The Labute approximate surface area is 186 Å². The number of nitrogens with one attached hydrogen (secondary N) is 2. The van der Waals surface area contributed by atoms with Gasteiger partial charge in [0.1, 0.15) is 11.3 Å². The van der Waals surface area contributed by atoms with Gasteiger partial charge in [0, 0.05) is 22.7 Å². The minimum absolute atomic E-state index is 0.0396. The van der Waals surface area contributed by atoms with Crippen molar-refractivity contribution in [3.63, 3.8) is 0 Å². The number of benzene rings is 3. The lowest BCUT2D eigenvalue weighted by atomic mass is 9.89. The summed E-state index contributed by atoms with van der Waals surface area (Å²) in [4.78, 5) is 13.0. The molecule has 1 aliphatic heterocycles. The minimum Gasteiger partial charge on any atom is -0.384 e. The van der Waals surface area contributed by atoms with Crippen LogP contribution in [0.3, 0.4) is 0 Å². The van der Waals surface area contributed by atoms with Gasteiger partial charge in [-0.3, -0.25) is 10.2 Å². The summed E-state index contributed by atoms with van der Waals surface area (Å²) in [6.07, 6.45) is 2.03. The molecule has 3 aromatic rings. The first-order valence-corrected chi connectivity index (χ1v) is 11.6. The van der Waals surface area contributed by atoms with Gasteiger partial charge in [-0.15, -0.1) is 11.8 Å². The predicted octanol–water partition coefficient (Wildman–Crippen LogP) is 5.35. The van der Waals surface area contributed by atoms with E-state index in [-0.39, 0.29) is 23.1 Å². The number of anilines is 1. The summed E-state index contributed by atoms with van der Waals surface area (Å²) in [5.74, 6) is 1.17. The van der Waals surface area contributed by atoms with Crippen LogP contribution in [0.25, 0.3) is 10.8 Å². The number of nitrogen functional groups attached to an aromatic ring is 1. The molecular weight excluding hydrogens is 406 g/mol. The van der Waals surface area contributed by atoms with Crippen molar-refractivity contribution in [1.82, 2.24) is 0 Å². The highest BCUT2D eigenvalue weighted by atomic mass is 32.2. The fourth-order valence-corrected chi connectivity index (χ4v) is 4.96. The maximum Gasteiger partial charge on any atom is 0.255 e. The van der Waals surface area contributed by atoms with Gasteiger partial charge in [0.25, 0.3) is 5.91 Å². The minimum atomic E-state index is -0.138. The zero-order valence-corrected chi connectivity index (χ0v) is 18.4. The van der Waals surface area contributed by atoms with Crippen molar-refractivity contribution in [2.45, 2.75) is 31.1 Å². The van der Waals surface area contributed by atoms with Crippen LogP contribution in [0.4, 0.5) is 5.69 Å². The lowest BCUT2D eigenvalue weighted by molar-refractivity contribution is 0.102. The molecule has 0 radical (unpaired) electrons. The van der Waals surface area contributed by atoms with E-state index in [1.165, 1.54) is 0 Å². The van der Waals surface area contributed by atoms with Crippen molar-refractivity contribution < 1.29 is 9.53 Å². The zero-order valence-electron chi connectivity index (χ0n) is 17.6. The fraction of sp³-hybridized carbons (Fsp3) is 0.280. The Morgan fingerprint density at radius 3 is 2.71 bits per heavy atom. The average molecular weight is 434 g/mol. The number of thioether (sulfide) groups is 1. The number of amidine groups is 1. The number of ether oxygens (including phenoxy) is 1. The van der Waals surface area contributed by atoms with Gasteiger partial charge < -0.3 is 15.8 Å². The highest BCUT2D eigenvalue weighted by Gasteiger charge is 2.29. The molecule has 160 valence electrons. The van der Waals surface area contributed by atoms with Gasteiger partial charge in [0.15, 0.2) is 0 Å².